The first-order valence-corrected chi connectivity index (χ1v) is 11.5. The maximum Gasteiger partial charge on any atom is 0.342 e. The number of amides is 1. The fraction of sp³-hybridized carbons (Fsp3) is 0.0833. The number of hydrogen-bond acceptors (Lipinski definition) is 6. The largest absolute Gasteiger partial charge is 0.504 e. The summed E-state index contributed by atoms with van der Waals surface area (Å²) < 4.78 is 7.01. The molecule has 0 aliphatic carbocycles. The van der Waals surface area contributed by atoms with E-state index >= 15 is 0 Å². The van der Waals surface area contributed by atoms with E-state index in [4.69, 9.17) is 16.3 Å². The predicted octanol–water partition coefficient (Wildman–Crippen LogP) is 3.96. The van der Waals surface area contributed by atoms with E-state index < -0.39 is 0 Å². The summed E-state index contributed by atoms with van der Waals surface area (Å²) in [7, 11) is 1.46. The van der Waals surface area contributed by atoms with E-state index in [9.17, 15) is 9.90 Å². The monoisotopic (exact) mass is 494 g/mol. The van der Waals surface area contributed by atoms with Crippen molar-refractivity contribution in [1.29, 1.82) is 0 Å². The van der Waals surface area contributed by atoms with Crippen molar-refractivity contribution in [2.75, 3.05) is 12.9 Å². The number of rotatable bonds is 8. The van der Waals surface area contributed by atoms with Crippen molar-refractivity contribution in [3.8, 4) is 28.6 Å². The van der Waals surface area contributed by atoms with Crippen LogP contribution in [0.2, 0.25) is 5.02 Å². The van der Waals surface area contributed by atoms with Gasteiger partial charge in [0.2, 0.25) is 0 Å². The van der Waals surface area contributed by atoms with Crippen LogP contribution in [0.15, 0.2) is 83.1 Å². The number of aromatic hydroxyl groups is 1. The molecule has 3 N–H and O–H groups in total. The smallest absolute Gasteiger partial charge is 0.342 e. The number of nitrogens with one attached hydrogen (secondary N) is 2. The third kappa shape index (κ3) is 5.56. The number of methoxy groups -OCH3 is 1. The Balaban J connectivity index is 1.48. The molecule has 1 aromatic heterocycles. The zero-order valence-electron chi connectivity index (χ0n) is 18.1. The van der Waals surface area contributed by atoms with Crippen molar-refractivity contribution >= 4 is 35.5 Å². The lowest BCUT2D eigenvalue weighted by molar-refractivity contribution is -0.625. The first-order valence-electron chi connectivity index (χ1n) is 10.2. The Bertz CT molecular complexity index is 1310. The Labute approximate surface area is 205 Å². The molecular weight excluding hydrogens is 474 g/mol. The third-order valence-corrected chi connectivity index (χ3v) is 5.93. The van der Waals surface area contributed by atoms with Crippen LogP contribution in [0.5, 0.6) is 11.5 Å². The van der Waals surface area contributed by atoms with E-state index in [1.54, 1.807) is 24.3 Å². The van der Waals surface area contributed by atoms with Crippen molar-refractivity contribution in [1.82, 2.24) is 15.6 Å². The molecule has 1 heterocycles. The predicted molar refractivity (Wildman–Crippen MR) is 132 cm³/mol. The van der Waals surface area contributed by atoms with Gasteiger partial charge in [-0.05, 0) is 71.9 Å². The highest BCUT2D eigenvalue weighted by molar-refractivity contribution is 7.99. The summed E-state index contributed by atoms with van der Waals surface area (Å²) in [6.45, 7) is 0. The first kappa shape index (κ1) is 23.3. The van der Waals surface area contributed by atoms with Crippen LogP contribution in [-0.4, -0.2) is 40.3 Å². The fourth-order valence-electron chi connectivity index (χ4n) is 3.13. The second kappa shape index (κ2) is 10.9. The van der Waals surface area contributed by atoms with Gasteiger partial charge >= 0.3 is 5.16 Å². The number of carbonyl (C=O) groups is 1. The van der Waals surface area contributed by atoms with Gasteiger partial charge in [-0.2, -0.15) is 9.67 Å². The fourth-order valence-corrected chi connectivity index (χ4v) is 4.02. The molecule has 0 aliphatic rings. The highest BCUT2D eigenvalue weighted by Gasteiger charge is 2.24. The van der Waals surface area contributed by atoms with Gasteiger partial charge in [0.1, 0.15) is 5.69 Å². The van der Waals surface area contributed by atoms with Crippen molar-refractivity contribution in [3.63, 3.8) is 0 Å². The SMILES string of the molecule is COc1cc(/C=N/NC(=O)CSc2n[nH]c(-c3ccccc3)[n+]2-c2ccc(Cl)cc2)ccc1O. The van der Waals surface area contributed by atoms with E-state index in [1.807, 2.05) is 47.0 Å². The highest BCUT2D eigenvalue weighted by atomic mass is 35.5. The summed E-state index contributed by atoms with van der Waals surface area (Å²) in [6.07, 6.45) is 1.47. The molecule has 10 heteroatoms. The Morgan fingerprint density at radius 1 is 1.21 bits per heavy atom. The Hall–Kier alpha value is -3.82. The van der Waals surface area contributed by atoms with E-state index in [0.717, 1.165) is 17.1 Å². The standard InChI is InChI=1S/C24H20ClN5O3S/c1-33-21-13-16(7-12-20(21)31)14-26-27-22(32)15-34-24-29-28-23(17-5-3-2-4-6-17)30(24)19-10-8-18(25)9-11-19/h2-14H,15H2,1H3,(H2,26,27,31,32)/p+1. The summed E-state index contributed by atoms with van der Waals surface area (Å²) >= 11 is 7.34. The molecule has 0 bridgehead atoms. The van der Waals surface area contributed by atoms with Crippen LogP contribution in [0.3, 0.4) is 0 Å². The molecular formula is C24H21ClN5O3S+. The molecule has 0 unspecified atom stereocenters. The van der Waals surface area contributed by atoms with Gasteiger partial charge in [0.15, 0.2) is 11.5 Å². The van der Waals surface area contributed by atoms with Crippen LogP contribution in [0, 0.1) is 0 Å². The van der Waals surface area contributed by atoms with Gasteiger partial charge in [-0.1, -0.05) is 29.8 Å². The number of halogens is 1. The molecule has 3 aromatic carbocycles. The van der Waals surface area contributed by atoms with Crippen molar-refractivity contribution in [3.05, 3.63) is 83.4 Å². The molecule has 0 atom stereocenters. The van der Waals surface area contributed by atoms with Gasteiger partial charge in [0, 0.05) is 5.02 Å². The first-order chi connectivity index (χ1) is 16.5. The number of carbonyl (C=O) groups excluding carboxylic acids is 1. The van der Waals surface area contributed by atoms with E-state index in [0.29, 0.717) is 21.5 Å². The quantitative estimate of drug-likeness (QED) is 0.149. The number of benzene rings is 3. The highest BCUT2D eigenvalue weighted by Crippen LogP contribution is 2.25. The summed E-state index contributed by atoms with van der Waals surface area (Å²) in [4.78, 5) is 12.4. The van der Waals surface area contributed by atoms with Crippen LogP contribution >= 0.6 is 23.4 Å². The molecule has 0 aliphatic heterocycles. The third-order valence-electron chi connectivity index (χ3n) is 4.74. The van der Waals surface area contributed by atoms with Crippen molar-refractivity contribution < 1.29 is 19.2 Å². The number of ether oxygens (including phenoxy) is 1. The topological polar surface area (TPSA) is 103 Å². The summed E-state index contributed by atoms with van der Waals surface area (Å²) in [5.74, 6) is 0.945. The molecule has 0 saturated carbocycles. The van der Waals surface area contributed by atoms with Crippen molar-refractivity contribution in [2.24, 2.45) is 5.10 Å². The van der Waals surface area contributed by atoms with Gasteiger partial charge in [-0.15, -0.1) is 5.10 Å². The number of phenols is 1. The van der Waals surface area contributed by atoms with Crippen LogP contribution in [-0.2, 0) is 4.79 Å². The molecule has 0 radical (unpaired) electrons. The lowest BCUT2D eigenvalue weighted by atomic mass is 10.2. The molecule has 8 nitrogen and oxygen atoms in total. The average molecular weight is 495 g/mol. The number of thioether (sulfide) groups is 1. The van der Waals surface area contributed by atoms with Gasteiger partial charge in [0.05, 0.1) is 29.7 Å². The minimum absolute atomic E-state index is 0.0305. The number of hydrazone groups is 1. The second-order valence-corrected chi connectivity index (χ2v) is 8.42. The maximum absolute atomic E-state index is 12.4. The normalized spacial score (nSPS) is 11.0. The lowest BCUT2D eigenvalue weighted by Gasteiger charge is -2.05. The van der Waals surface area contributed by atoms with E-state index in [1.165, 1.54) is 31.2 Å². The molecule has 172 valence electrons. The van der Waals surface area contributed by atoms with E-state index in [-0.39, 0.29) is 17.4 Å². The number of hydrogen-bond donors (Lipinski definition) is 3. The number of aromatic amines is 1. The Morgan fingerprint density at radius 2 is 1.97 bits per heavy atom. The van der Waals surface area contributed by atoms with Gasteiger partial charge in [-0.3, -0.25) is 4.79 Å². The zero-order chi connectivity index (χ0) is 23.9. The van der Waals surface area contributed by atoms with Crippen LogP contribution in [0.1, 0.15) is 5.56 Å². The minimum Gasteiger partial charge on any atom is -0.504 e. The molecule has 0 fully saturated rings. The number of H-pyrrole nitrogens is 1. The van der Waals surface area contributed by atoms with Gasteiger partial charge in [0.25, 0.3) is 11.7 Å². The maximum atomic E-state index is 12.4. The average Bonchev–Trinajstić information content (AvgIpc) is 3.29. The molecule has 4 rings (SSSR count). The number of nitrogens with zero attached hydrogens (tertiary/aromatic N) is 3. The van der Waals surface area contributed by atoms with Crippen LogP contribution in [0.4, 0.5) is 0 Å². The number of aromatic nitrogens is 3. The summed E-state index contributed by atoms with van der Waals surface area (Å²) in [6, 6.07) is 22.0. The Kier molecular flexibility index (Phi) is 7.46. The molecule has 0 spiro atoms. The van der Waals surface area contributed by atoms with E-state index in [2.05, 4.69) is 20.7 Å². The van der Waals surface area contributed by atoms with Gasteiger partial charge < -0.3 is 9.84 Å². The minimum atomic E-state index is -0.293. The van der Waals surface area contributed by atoms with Gasteiger partial charge in [-0.25, -0.2) is 5.43 Å². The molecule has 0 saturated heterocycles. The molecule has 1 amide bonds. The lowest BCUT2D eigenvalue weighted by Crippen LogP contribution is -2.34. The van der Waals surface area contributed by atoms with Crippen molar-refractivity contribution in [2.45, 2.75) is 5.16 Å². The summed E-state index contributed by atoms with van der Waals surface area (Å²) in [5.41, 5.74) is 4.98. The van der Waals surface area contributed by atoms with Crippen LogP contribution < -0.4 is 14.7 Å². The summed E-state index contributed by atoms with van der Waals surface area (Å²) in [5, 5.41) is 22.4. The number of phenolic OH excluding ortho intramolecular Hbond substituents is 1. The second-order valence-electron chi connectivity index (χ2n) is 7.05. The Morgan fingerprint density at radius 3 is 2.71 bits per heavy atom. The van der Waals surface area contributed by atoms with Crippen LogP contribution in [0.25, 0.3) is 17.1 Å². The zero-order valence-corrected chi connectivity index (χ0v) is 19.7. The molecule has 34 heavy (non-hydrogen) atoms. The molecule has 4 aromatic rings.